The maximum Gasteiger partial charge on any atom is 0.388 e. The van der Waals surface area contributed by atoms with Crippen LogP contribution in [0.15, 0.2) is 36.4 Å². The second-order valence-electron chi connectivity index (χ2n) is 5.14. The molecule has 0 aromatic heterocycles. The molecule has 2 unspecified atom stereocenters. The van der Waals surface area contributed by atoms with Gasteiger partial charge in [0.25, 0.3) is 5.69 Å². The number of esters is 1. The number of ether oxygens (including phenoxy) is 2. The monoisotopic (exact) mass is 336 g/mol. The van der Waals surface area contributed by atoms with Crippen molar-refractivity contribution in [3.8, 4) is 0 Å². The van der Waals surface area contributed by atoms with Gasteiger partial charge in [-0.1, -0.05) is 12.2 Å². The van der Waals surface area contributed by atoms with E-state index in [1.54, 1.807) is 13.0 Å². The van der Waals surface area contributed by atoms with Gasteiger partial charge in [-0.05, 0) is 24.6 Å². The van der Waals surface area contributed by atoms with Gasteiger partial charge in [0.05, 0.1) is 24.6 Å². The summed E-state index contributed by atoms with van der Waals surface area (Å²) in [5.41, 5.74) is -2.00. The summed E-state index contributed by atoms with van der Waals surface area (Å²) in [6, 6.07) is 5.14. The summed E-state index contributed by atoms with van der Waals surface area (Å²) in [4.78, 5) is 33.6. The first kappa shape index (κ1) is 17.5. The molecule has 0 spiro atoms. The van der Waals surface area contributed by atoms with Crippen LogP contribution in [0.5, 0.6) is 0 Å². The Morgan fingerprint density at radius 3 is 2.50 bits per heavy atom. The Morgan fingerprint density at radius 1 is 1.29 bits per heavy atom. The molecule has 0 aliphatic carbocycles. The van der Waals surface area contributed by atoms with Crippen LogP contribution in [-0.4, -0.2) is 34.6 Å². The molecule has 2 atom stereocenters. The van der Waals surface area contributed by atoms with Crippen LogP contribution >= 0.6 is 0 Å². The van der Waals surface area contributed by atoms with E-state index < -0.39 is 27.5 Å². The van der Waals surface area contributed by atoms with E-state index in [1.807, 2.05) is 0 Å². The predicted octanol–water partition coefficient (Wildman–Crippen LogP) is 2.19. The Kier molecular flexibility index (Phi) is 5.24. The van der Waals surface area contributed by atoms with Crippen molar-refractivity contribution >= 4 is 11.7 Å². The number of carbonyl (C=O) groups excluding carboxylic acids is 1. The van der Waals surface area contributed by atoms with Crippen LogP contribution in [0.1, 0.15) is 25.0 Å². The van der Waals surface area contributed by atoms with Crippen molar-refractivity contribution in [3.63, 3.8) is 0 Å². The van der Waals surface area contributed by atoms with E-state index in [2.05, 4.69) is 0 Å². The number of hydrogen-bond acceptors (Lipinski definition) is 7. The van der Waals surface area contributed by atoms with E-state index in [9.17, 15) is 25.0 Å². The van der Waals surface area contributed by atoms with Crippen molar-refractivity contribution in [1.29, 1.82) is 0 Å². The first-order valence-corrected chi connectivity index (χ1v) is 7.26. The minimum absolute atomic E-state index is 0.00881. The fourth-order valence-electron chi connectivity index (χ4n) is 2.56. The van der Waals surface area contributed by atoms with E-state index in [0.717, 1.165) is 0 Å². The lowest BCUT2D eigenvalue weighted by molar-refractivity contribution is -0.569. The molecule has 128 valence electrons. The van der Waals surface area contributed by atoms with Gasteiger partial charge in [0.2, 0.25) is 0 Å². The fraction of sp³-hybridized carbons (Fsp3) is 0.400. The summed E-state index contributed by atoms with van der Waals surface area (Å²) in [5, 5.41) is 22.5. The van der Waals surface area contributed by atoms with Gasteiger partial charge in [-0.2, -0.15) is 0 Å². The third kappa shape index (κ3) is 3.11. The Balaban J connectivity index is 2.51. The average molecular weight is 336 g/mol. The van der Waals surface area contributed by atoms with Crippen LogP contribution in [0.4, 0.5) is 5.69 Å². The van der Waals surface area contributed by atoms with Crippen molar-refractivity contribution in [3.05, 3.63) is 62.2 Å². The number of nitro groups is 2. The molecule has 1 aliphatic rings. The van der Waals surface area contributed by atoms with E-state index in [1.165, 1.54) is 30.3 Å². The molecule has 0 bridgehead atoms. The van der Waals surface area contributed by atoms with Crippen LogP contribution < -0.4 is 0 Å². The smallest absolute Gasteiger partial charge is 0.388 e. The summed E-state index contributed by atoms with van der Waals surface area (Å²) in [7, 11) is 0. The second-order valence-corrected chi connectivity index (χ2v) is 5.14. The molecule has 1 aromatic rings. The van der Waals surface area contributed by atoms with Gasteiger partial charge >= 0.3 is 11.5 Å². The Morgan fingerprint density at radius 2 is 1.96 bits per heavy atom. The number of benzene rings is 1. The van der Waals surface area contributed by atoms with Crippen molar-refractivity contribution in [2.75, 3.05) is 13.2 Å². The van der Waals surface area contributed by atoms with Crippen molar-refractivity contribution in [2.45, 2.75) is 25.0 Å². The summed E-state index contributed by atoms with van der Waals surface area (Å²) in [6.07, 6.45) is 1.68. The number of nitrogens with zero attached hydrogens (tertiary/aromatic N) is 2. The van der Waals surface area contributed by atoms with Crippen molar-refractivity contribution < 1.29 is 24.1 Å². The summed E-state index contributed by atoms with van der Waals surface area (Å²) in [5.74, 6) is -0.995. The van der Waals surface area contributed by atoms with E-state index in [0.29, 0.717) is 5.56 Å². The van der Waals surface area contributed by atoms with Gasteiger partial charge in [0.15, 0.2) is 6.10 Å². The molecule has 1 heterocycles. The molecule has 0 saturated heterocycles. The molecule has 0 amide bonds. The Labute approximate surface area is 137 Å². The highest BCUT2D eigenvalue weighted by Gasteiger charge is 2.60. The molecule has 1 aliphatic heterocycles. The number of non-ortho nitro benzene ring substituents is 1. The quantitative estimate of drug-likeness (QED) is 0.349. The summed E-state index contributed by atoms with van der Waals surface area (Å²) >= 11 is 0. The predicted molar refractivity (Wildman–Crippen MR) is 81.9 cm³/mol. The lowest BCUT2D eigenvalue weighted by atomic mass is 9.85. The van der Waals surface area contributed by atoms with E-state index in [4.69, 9.17) is 9.47 Å². The van der Waals surface area contributed by atoms with Gasteiger partial charge in [0, 0.05) is 17.1 Å². The Bertz CT molecular complexity index is 671. The number of carbonyl (C=O) groups is 1. The third-order valence-electron chi connectivity index (χ3n) is 3.75. The van der Waals surface area contributed by atoms with Crippen molar-refractivity contribution in [2.24, 2.45) is 0 Å². The van der Waals surface area contributed by atoms with Gasteiger partial charge in [0.1, 0.15) is 0 Å². The molecule has 0 saturated carbocycles. The standard InChI is InChI=1S/C15H16N2O7/c1-2-23-14(18)15(17(21)22)9-3-4-10-24-13(15)11-5-7-12(8-6-11)16(19)20/h3-8,13H,2,9-10H2,1H3. The largest absolute Gasteiger partial charge is 0.461 e. The zero-order chi connectivity index (χ0) is 17.7. The average Bonchev–Trinajstić information content (AvgIpc) is 2.78. The molecule has 9 nitrogen and oxygen atoms in total. The van der Waals surface area contributed by atoms with Gasteiger partial charge in [-0.25, -0.2) is 4.79 Å². The molecular formula is C15H16N2O7. The van der Waals surface area contributed by atoms with Crippen LogP contribution in [0.2, 0.25) is 0 Å². The minimum atomic E-state index is -2.14. The fourth-order valence-corrected chi connectivity index (χ4v) is 2.56. The van der Waals surface area contributed by atoms with Crippen LogP contribution in [0, 0.1) is 20.2 Å². The molecular weight excluding hydrogens is 320 g/mol. The Hall–Kier alpha value is -2.81. The zero-order valence-corrected chi connectivity index (χ0v) is 12.9. The van der Waals surface area contributed by atoms with Crippen LogP contribution in [0.3, 0.4) is 0 Å². The molecule has 9 heteroatoms. The summed E-state index contributed by atoms with van der Waals surface area (Å²) < 4.78 is 10.4. The lowest BCUT2D eigenvalue weighted by Crippen LogP contribution is -2.52. The van der Waals surface area contributed by atoms with Crippen LogP contribution in [-0.2, 0) is 14.3 Å². The van der Waals surface area contributed by atoms with Gasteiger partial charge in [-0.3, -0.25) is 20.2 Å². The topological polar surface area (TPSA) is 122 Å². The lowest BCUT2D eigenvalue weighted by Gasteiger charge is -2.29. The molecule has 0 radical (unpaired) electrons. The van der Waals surface area contributed by atoms with E-state index >= 15 is 0 Å². The number of nitro benzene ring substituents is 1. The maximum absolute atomic E-state index is 12.4. The van der Waals surface area contributed by atoms with Gasteiger partial charge in [-0.15, -0.1) is 0 Å². The molecule has 1 aromatic carbocycles. The first-order valence-electron chi connectivity index (χ1n) is 7.26. The van der Waals surface area contributed by atoms with Crippen LogP contribution in [0.25, 0.3) is 0 Å². The highest BCUT2D eigenvalue weighted by molar-refractivity contribution is 5.81. The third-order valence-corrected chi connectivity index (χ3v) is 3.75. The first-order chi connectivity index (χ1) is 11.4. The summed E-state index contributed by atoms with van der Waals surface area (Å²) in [6.45, 7) is 1.63. The SMILES string of the molecule is CCOC(=O)C1([N+](=O)[O-])CC=CCOC1c1ccc([N+](=O)[O-])cc1. The minimum Gasteiger partial charge on any atom is -0.461 e. The molecule has 0 N–H and O–H groups in total. The molecule has 2 rings (SSSR count). The van der Waals surface area contributed by atoms with E-state index in [-0.39, 0.29) is 25.3 Å². The molecule has 0 fully saturated rings. The maximum atomic E-state index is 12.4. The molecule has 24 heavy (non-hydrogen) atoms. The normalized spacial score (nSPS) is 23.3. The number of hydrogen-bond donors (Lipinski definition) is 0. The number of rotatable bonds is 5. The van der Waals surface area contributed by atoms with Gasteiger partial charge < -0.3 is 9.47 Å². The highest BCUT2D eigenvalue weighted by Crippen LogP contribution is 2.38. The van der Waals surface area contributed by atoms with Crippen molar-refractivity contribution in [1.82, 2.24) is 0 Å². The highest BCUT2D eigenvalue weighted by atomic mass is 16.6. The zero-order valence-electron chi connectivity index (χ0n) is 12.9. The second kappa shape index (κ2) is 7.18.